The van der Waals surface area contributed by atoms with Gasteiger partial charge in [0.25, 0.3) is 11.8 Å². The topological polar surface area (TPSA) is 101 Å². The van der Waals surface area contributed by atoms with E-state index in [1.165, 1.54) is 12.3 Å². The van der Waals surface area contributed by atoms with Crippen molar-refractivity contribution in [1.82, 2.24) is 10.6 Å². The van der Waals surface area contributed by atoms with E-state index in [1.54, 1.807) is 43.5 Å². The van der Waals surface area contributed by atoms with Crippen LogP contribution in [0.4, 0.5) is 0 Å². The highest BCUT2D eigenvalue weighted by Gasteiger charge is 2.16. The Hall–Kier alpha value is -3.06. The summed E-state index contributed by atoms with van der Waals surface area (Å²) in [6, 6.07) is 10.1. The number of methoxy groups -OCH3 is 1. The van der Waals surface area contributed by atoms with Crippen LogP contribution in [0.15, 0.2) is 52.8 Å². The lowest BCUT2D eigenvalue weighted by Gasteiger charge is -2.10. The molecule has 0 aliphatic heterocycles. The number of aliphatic hydroxyl groups is 1. The fourth-order valence-corrected chi connectivity index (χ4v) is 1.99. The van der Waals surface area contributed by atoms with Crippen molar-refractivity contribution in [2.24, 2.45) is 0 Å². The monoisotopic (exact) mass is 344 g/mol. The Bertz CT molecular complexity index is 720. The van der Waals surface area contributed by atoms with Crippen molar-refractivity contribution in [3.63, 3.8) is 0 Å². The van der Waals surface area contributed by atoms with Crippen LogP contribution in [0.5, 0.6) is 5.75 Å². The molecule has 7 heteroatoms. The van der Waals surface area contributed by atoms with Crippen LogP contribution >= 0.6 is 0 Å². The van der Waals surface area contributed by atoms with Crippen LogP contribution in [0, 0.1) is 0 Å². The largest absolute Gasteiger partial charge is 0.497 e. The van der Waals surface area contributed by atoms with E-state index >= 15 is 0 Å². The quantitative estimate of drug-likeness (QED) is 0.498. The normalized spacial score (nSPS) is 11.0. The number of amides is 2. The number of hydrogen-bond donors (Lipinski definition) is 3. The van der Waals surface area contributed by atoms with E-state index in [4.69, 9.17) is 14.3 Å². The average molecular weight is 344 g/mol. The first kappa shape index (κ1) is 18.3. The molecule has 0 spiro atoms. The smallest absolute Gasteiger partial charge is 0.291 e. The van der Waals surface area contributed by atoms with Crippen LogP contribution < -0.4 is 15.4 Å². The molecule has 3 N–H and O–H groups in total. The standard InChI is InChI=1S/C18H20N2O5/c1-24-14-7-5-13(6-8-14)12-15(17(22)19-9-3-10-21)20-18(23)16-4-2-11-25-16/h2,4-8,11-12,21H,3,9-10H2,1H3,(H,19,22)(H,20,23)/b15-12-. The molecular formula is C18H20N2O5. The van der Waals surface area contributed by atoms with Crippen LogP contribution in [0.3, 0.4) is 0 Å². The van der Waals surface area contributed by atoms with Crippen molar-refractivity contribution in [3.05, 3.63) is 59.7 Å². The number of aliphatic hydroxyl groups excluding tert-OH is 1. The summed E-state index contributed by atoms with van der Waals surface area (Å²) in [5.41, 5.74) is 0.789. The minimum Gasteiger partial charge on any atom is -0.497 e. The molecule has 132 valence electrons. The number of carbonyl (C=O) groups excluding carboxylic acids is 2. The maximum atomic E-state index is 12.3. The van der Waals surface area contributed by atoms with Gasteiger partial charge in [-0.05, 0) is 42.3 Å². The van der Waals surface area contributed by atoms with E-state index in [0.717, 1.165) is 0 Å². The number of nitrogens with one attached hydrogen (secondary N) is 2. The molecule has 7 nitrogen and oxygen atoms in total. The van der Waals surface area contributed by atoms with Crippen molar-refractivity contribution in [2.45, 2.75) is 6.42 Å². The van der Waals surface area contributed by atoms with Gasteiger partial charge in [-0.2, -0.15) is 0 Å². The van der Waals surface area contributed by atoms with E-state index < -0.39 is 11.8 Å². The van der Waals surface area contributed by atoms with Crippen LogP contribution in [-0.2, 0) is 4.79 Å². The third-order valence-corrected chi connectivity index (χ3v) is 3.29. The van der Waals surface area contributed by atoms with Crippen molar-refractivity contribution in [1.29, 1.82) is 0 Å². The Kier molecular flexibility index (Phi) is 6.79. The molecule has 2 amide bonds. The summed E-state index contributed by atoms with van der Waals surface area (Å²) in [4.78, 5) is 24.5. The number of furan rings is 1. The van der Waals surface area contributed by atoms with Gasteiger partial charge >= 0.3 is 0 Å². The summed E-state index contributed by atoms with van der Waals surface area (Å²) >= 11 is 0. The van der Waals surface area contributed by atoms with Crippen LogP contribution in [0.2, 0.25) is 0 Å². The maximum Gasteiger partial charge on any atom is 0.291 e. The Morgan fingerprint density at radius 2 is 2.00 bits per heavy atom. The molecule has 0 saturated heterocycles. The van der Waals surface area contributed by atoms with Crippen molar-refractivity contribution in [2.75, 3.05) is 20.3 Å². The lowest BCUT2D eigenvalue weighted by molar-refractivity contribution is -0.117. The molecule has 2 rings (SSSR count). The molecule has 0 fully saturated rings. The van der Waals surface area contributed by atoms with Crippen molar-refractivity contribution in [3.8, 4) is 5.75 Å². The number of benzene rings is 1. The fourth-order valence-electron chi connectivity index (χ4n) is 1.99. The van der Waals surface area contributed by atoms with E-state index in [2.05, 4.69) is 10.6 Å². The maximum absolute atomic E-state index is 12.3. The van der Waals surface area contributed by atoms with E-state index in [0.29, 0.717) is 24.3 Å². The van der Waals surface area contributed by atoms with E-state index in [-0.39, 0.29) is 18.1 Å². The molecule has 0 aliphatic rings. The average Bonchev–Trinajstić information content (AvgIpc) is 3.16. The molecule has 2 aromatic rings. The van der Waals surface area contributed by atoms with Gasteiger partial charge in [0.1, 0.15) is 11.4 Å². The summed E-state index contributed by atoms with van der Waals surface area (Å²) in [5.74, 6) is -0.194. The van der Waals surface area contributed by atoms with Crippen molar-refractivity contribution < 1.29 is 23.8 Å². The zero-order valence-corrected chi connectivity index (χ0v) is 13.8. The van der Waals surface area contributed by atoms with Gasteiger partial charge in [0.05, 0.1) is 13.4 Å². The van der Waals surface area contributed by atoms with Crippen molar-refractivity contribution >= 4 is 17.9 Å². The molecule has 0 aliphatic carbocycles. The third-order valence-electron chi connectivity index (χ3n) is 3.29. The zero-order chi connectivity index (χ0) is 18.1. The molecule has 0 radical (unpaired) electrons. The minimum absolute atomic E-state index is 0.0312. The fraction of sp³-hybridized carbons (Fsp3) is 0.222. The molecular weight excluding hydrogens is 324 g/mol. The number of hydrogen-bond acceptors (Lipinski definition) is 5. The summed E-state index contributed by atoms with van der Waals surface area (Å²) in [7, 11) is 1.56. The van der Waals surface area contributed by atoms with Gasteiger partial charge in [-0.25, -0.2) is 0 Å². The first-order chi connectivity index (χ1) is 12.1. The summed E-state index contributed by atoms with van der Waals surface area (Å²) < 4.78 is 10.1. The molecule has 0 unspecified atom stereocenters. The number of ether oxygens (including phenoxy) is 1. The van der Waals surface area contributed by atoms with Crippen LogP contribution in [0.25, 0.3) is 6.08 Å². The SMILES string of the molecule is COc1ccc(/C=C(\NC(=O)c2ccco2)C(=O)NCCCO)cc1. The lowest BCUT2D eigenvalue weighted by Crippen LogP contribution is -2.35. The minimum atomic E-state index is -0.526. The molecule has 1 heterocycles. The summed E-state index contributed by atoms with van der Waals surface area (Å²) in [6.07, 6.45) is 3.35. The third kappa shape index (κ3) is 5.50. The van der Waals surface area contributed by atoms with Gasteiger partial charge < -0.3 is 24.9 Å². The predicted molar refractivity (Wildman–Crippen MR) is 91.9 cm³/mol. The van der Waals surface area contributed by atoms with Crippen LogP contribution in [-0.4, -0.2) is 37.2 Å². The highest BCUT2D eigenvalue weighted by atomic mass is 16.5. The molecule has 0 saturated carbocycles. The molecule has 1 aromatic carbocycles. The Labute approximate surface area is 145 Å². The zero-order valence-electron chi connectivity index (χ0n) is 13.8. The summed E-state index contributed by atoms with van der Waals surface area (Å²) in [6.45, 7) is 0.266. The highest BCUT2D eigenvalue weighted by molar-refractivity contribution is 6.04. The lowest BCUT2D eigenvalue weighted by atomic mass is 10.1. The Morgan fingerprint density at radius 3 is 2.60 bits per heavy atom. The van der Waals surface area contributed by atoms with Gasteiger partial charge in [-0.15, -0.1) is 0 Å². The molecule has 0 atom stereocenters. The predicted octanol–water partition coefficient (Wildman–Crippen LogP) is 1.56. The summed E-state index contributed by atoms with van der Waals surface area (Å²) in [5, 5.41) is 14.0. The molecule has 1 aromatic heterocycles. The van der Waals surface area contributed by atoms with Gasteiger partial charge in [0.15, 0.2) is 5.76 Å². The van der Waals surface area contributed by atoms with Crippen LogP contribution in [0.1, 0.15) is 22.5 Å². The van der Waals surface area contributed by atoms with E-state index in [1.807, 2.05) is 0 Å². The van der Waals surface area contributed by atoms with Gasteiger partial charge in [0.2, 0.25) is 0 Å². The Balaban J connectivity index is 2.18. The Morgan fingerprint density at radius 1 is 1.24 bits per heavy atom. The van der Waals surface area contributed by atoms with Gasteiger partial charge in [-0.1, -0.05) is 12.1 Å². The van der Waals surface area contributed by atoms with Gasteiger partial charge in [0, 0.05) is 13.2 Å². The number of rotatable bonds is 8. The molecule has 0 bridgehead atoms. The van der Waals surface area contributed by atoms with Gasteiger partial charge in [-0.3, -0.25) is 9.59 Å². The van der Waals surface area contributed by atoms with E-state index in [9.17, 15) is 9.59 Å². The second kappa shape index (κ2) is 9.29. The first-order valence-corrected chi connectivity index (χ1v) is 7.73. The second-order valence-corrected chi connectivity index (χ2v) is 5.10. The second-order valence-electron chi connectivity index (χ2n) is 5.10. The molecule has 25 heavy (non-hydrogen) atoms. The highest BCUT2D eigenvalue weighted by Crippen LogP contribution is 2.14. The first-order valence-electron chi connectivity index (χ1n) is 7.73. The number of carbonyl (C=O) groups is 2.